The van der Waals surface area contributed by atoms with Crippen molar-refractivity contribution in [2.45, 2.75) is 6.04 Å². The highest BCUT2D eigenvalue weighted by Crippen LogP contribution is 2.31. The molecular formula is C21H20N2O3. The number of amides is 1. The van der Waals surface area contributed by atoms with Crippen molar-refractivity contribution in [3.63, 3.8) is 0 Å². The highest BCUT2D eigenvalue weighted by Gasteiger charge is 2.15. The predicted octanol–water partition coefficient (Wildman–Crippen LogP) is 4.13. The molecule has 0 aromatic heterocycles. The molecule has 0 heterocycles. The van der Waals surface area contributed by atoms with Crippen molar-refractivity contribution in [1.82, 2.24) is 0 Å². The molecule has 0 saturated carbocycles. The molecule has 3 rings (SSSR count). The largest absolute Gasteiger partial charge is 0.493 e. The van der Waals surface area contributed by atoms with Crippen LogP contribution in [0.25, 0.3) is 0 Å². The van der Waals surface area contributed by atoms with Crippen LogP contribution in [0.4, 0.5) is 5.69 Å². The number of hydrogen-bond acceptors (Lipinski definition) is 4. The Balaban J connectivity index is 1.65. The van der Waals surface area contributed by atoms with E-state index in [4.69, 9.17) is 15.2 Å². The van der Waals surface area contributed by atoms with E-state index in [1.807, 2.05) is 54.6 Å². The van der Waals surface area contributed by atoms with Gasteiger partial charge in [-0.1, -0.05) is 42.5 Å². The molecule has 1 amide bonds. The molecule has 0 bridgehead atoms. The number of methoxy groups -OCH3 is 1. The molecule has 0 saturated heterocycles. The fourth-order valence-corrected chi connectivity index (χ4v) is 2.47. The maximum absolute atomic E-state index is 12.3. The summed E-state index contributed by atoms with van der Waals surface area (Å²) >= 11 is 0. The maximum atomic E-state index is 12.3. The number of nitrogens with one attached hydrogen (secondary N) is 1. The number of carbonyl (C=O) groups excluding carboxylic acids is 1. The van der Waals surface area contributed by atoms with E-state index in [0.717, 1.165) is 5.56 Å². The summed E-state index contributed by atoms with van der Waals surface area (Å²) in [5.74, 6) is 1.64. The van der Waals surface area contributed by atoms with Crippen LogP contribution >= 0.6 is 0 Å². The van der Waals surface area contributed by atoms with Gasteiger partial charge in [-0.3, -0.25) is 4.79 Å². The van der Waals surface area contributed by atoms with E-state index >= 15 is 0 Å². The Morgan fingerprint density at radius 2 is 1.50 bits per heavy atom. The molecule has 3 aromatic carbocycles. The number of benzene rings is 3. The zero-order valence-electron chi connectivity index (χ0n) is 14.4. The second kappa shape index (κ2) is 8.18. The second-order valence-corrected chi connectivity index (χ2v) is 5.65. The van der Waals surface area contributed by atoms with Gasteiger partial charge in [0.15, 0.2) is 11.5 Å². The summed E-state index contributed by atoms with van der Waals surface area (Å²) in [6.45, 7) is 0. The Morgan fingerprint density at radius 1 is 0.885 bits per heavy atom. The van der Waals surface area contributed by atoms with Crippen LogP contribution in [0.2, 0.25) is 0 Å². The van der Waals surface area contributed by atoms with E-state index in [1.54, 1.807) is 31.4 Å². The third-order valence-corrected chi connectivity index (χ3v) is 3.86. The van der Waals surface area contributed by atoms with E-state index in [-0.39, 0.29) is 5.91 Å². The summed E-state index contributed by atoms with van der Waals surface area (Å²) in [7, 11) is 1.59. The third-order valence-electron chi connectivity index (χ3n) is 3.86. The van der Waals surface area contributed by atoms with Gasteiger partial charge in [-0.15, -0.1) is 0 Å². The van der Waals surface area contributed by atoms with Gasteiger partial charge in [0.25, 0.3) is 0 Å². The number of ether oxygens (including phenoxy) is 2. The quantitative estimate of drug-likeness (QED) is 0.702. The van der Waals surface area contributed by atoms with Crippen LogP contribution in [0, 0.1) is 0 Å². The number of nitrogens with two attached hydrogens (primary N) is 1. The zero-order valence-corrected chi connectivity index (χ0v) is 14.4. The van der Waals surface area contributed by atoms with Gasteiger partial charge >= 0.3 is 0 Å². The molecule has 0 aliphatic rings. The number of anilines is 1. The molecule has 132 valence electrons. The summed E-state index contributed by atoms with van der Waals surface area (Å²) in [6.07, 6.45) is 0. The Kier molecular flexibility index (Phi) is 5.51. The van der Waals surface area contributed by atoms with Gasteiger partial charge in [-0.25, -0.2) is 0 Å². The summed E-state index contributed by atoms with van der Waals surface area (Å²) in [4.78, 5) is 12.3. The standard InChI is InChI=1S/C21H20N2O3/c1-25-18-9-5-6-10-19(18)26-17-13-11-16(12-14-17)23-21(24)20(22)15-7-3-2-4-8-15/h2-14,20H,22H2,1H3,(H,23,24)/t20-/m0/s1. The lowest BCUT2D eigenvalue weighted by molar-refractivity contribution is -0.117. The van der Waals surface area contributed by atoms with Crippen molar-refractivity contribution >= 4 is 11.6 Å². The molecule has 0 spiro atoms. The van der Waals surface area contributed by atoms with Crippen molar-refractivity contribution in [2.24, 2.45) is 5.73 Å². The van der Waals surface area contributed by atoms with E-state index in [1.165, 1.54) is 0 Å². The van der Waals surface area contributed by atoms with Gasteiger partial charge in [0.1, 0.15) is 11.8 Å². The van der Waals surface area contributed by atoms with Crippen molar-refractivity contribution < 1.29 is 14.3 Å². The van der Waals surface area contributed by atoms with Gasteiger partial charge in [0, 0.05) is 5.69 Å². The normalized spacial score (nSPS) is 11.5. The van der Waals surface area contributed by atoms with E-state index in [9.17, 15) is 4.79 Å². The van der Waals surface area contributed by atoms with Crippen LogP contribution < -0.4 is 20.5 Å². The number of para-hydroxylation sites is 2. The molecule has 0 aliphatic carbocycles. The van der Waals surface area contributed by atoms with Crippen LogP contribution in [0.3, 0.4) is 0 Å². The summed E-state index contributed by atoms with van der Waals surface area (Å²) < 4.78 is 11.1. The Hall–Kier alpha value is -3.31. The Bertz CT molecular complexity index is 864. The summed E-state index contributed by atoms with van der Waals surface area (Å²) in [6, 6.07) is 23.0. The van der Waals surface area contributed by atoms with E-state index in [0.29, 0.717) is 22.9 Å². The first-order chi connectivity index (χ1) is 12.7. The first-order valence-electron chi connectivity index (χ1n) is 8.19. The van der Waals surface area contributed by atoms with Gasteiger partial charge in [-0.2, -0.15) is 0 Å². The van der Waals surface area contributed by atoms with Crippen LogP contribution in [-0.4, -0.2) is 13.0 Å². The zero-order chi connectivity index (χ0) is 18.4. The van der Waals surface area contributed by atoms with E-state index < -0.39 is 6.04 Å². The van der Waals surface area contributed by atoms with Crippen LogP contribution in [-0.2, 0) is 4.79 Å². The monoisotopic (exact) mass is 348 g/mol. The van der Waals surface area contributed by atoms with Crippen LogP contribution in [0.1, 0.15) is 11.6 Å². The van der Waals surface area contributed by atoms with Crippen LogP contribution in [0.15, 0.2) is 78.9 Å². The maximum Gasteiger partial charge on any atom is 0.245 e. The minimum absolute atomic E-state index is 0.269. The number of hydrogen-bond donors (Lipinski definition) is 2. The molecule has 5 heteroatoms. The third kappa shape index (κ3) is 4.20. The first kappa shape index (κ1) is 17.5. The topological polar surface area (TPSA) is 73.6 Å². The molecule has 3 aromatic rings. The van der Waals surface area contributed by atoms with Gasteiger partial charge in [0.05, 0.1) is 7.11 Å². The van der Waals surface area contributed by atoms with Crippen LogP contribution in [0.5, 0.6) is 17.2 Å². The SMILES string of the molecule is COc1ccccc1Oc1ccc(NC(=O)[C@@H](N)c2ccccc2)cc1. The summed E-state index contributed by atoms with van der Waals surface area (Å²) in [5, 5.41) is 2.81. The highest BCUT2D eigenvalue weighted by atomic mass is 16.5. The molecular weight excluding hydrogens is 328 g/mol. The molecule has 5 nitrogen and oxygen atoms in total. The Labute approximate surface area is 152 Å². The smallest absolute Gasteiger partial charge is 0.245 e. The van der Waals surface area contributed by atoms with Crippen molar-refractivity contribution in [3.05, 3.63) is 84.4 Å². The minimum atomic E-state index is -0.722. The first-order valence-corrected chi connectivity index (χ1v) is 8.19. The number of carbonyl (C=O) groups is 1. The fraction of sp³-hybridized carbons (Fsp3) is 0.0952. The van der Waals surface area contributed by atoms with E-state index in [2.05, 4.69) is 5.32 Å². The average Bonchev–Trinajstić information content (AvgIpc) is 2.70. The molecule has 0 radical (unpaired) electrons. The molecule has 0 aliphatic heterocycles. The predicted molar refractivity (Wildman–Crippen MR) is 102 cm³/mol. The molecule has 3 N–H and O–H groups in total. The molecule has 1 atom stereocenters. The number of rotatable bonds is 6. The minimum Gasteiger partial charge on any atom is -0.493 e. The summed E-state index contributed by atoms with van der Waals surface area (Å²) in [5.41, 5.74) is 7.41. The van der Waals surface area contributed by atoms with Crippen molar-refractivity contribution in [2.75, 3.05) is 12.4 Å². The fourth-order valence-electron chi connectivity index (χ4n) is 2.47. The molecule has 0 unspecified atom stereocenters. The second-order valence-electron chi connectivity index (χ2n) is 5.65. The lowest BCUT2D eigenvalue weighted by Gasteiger charge is -2.13. The van der Waals surface area contributed by atoms with Gasteiger partial charge < -0.3 is 20.5 Å². The molecule has 26 heavy (non-hydrogen) atoms. The average molecular weight is 348 g/mol. The Morgan fingerprint density at radius 3 is 2.15 bits per heavy atom. The van der Waals surface area contributed by atoms with Gasteiger partial charge in [0.2, 0.25) is 5.91 Å². The molecule has 0 fully saturated rings. The van der Waals surface area contributed by atoms with Crippen molar-refractivity contribution in [3.8, 4) is 17.2 Å². The van der Waals surface area contributed by atoms with Gasteiger partial charge in [-0.05, 0) is 42.0 Å². The lowest BCUT2D eigenvalue weighted by Crippen LogP contribution is -2.27. The lowest BCUT2D eigenvalue weighted by atomic mass is 10.1. The highest BCUT2D eigenvalue weighted by molar-refractivity contribution is 5.95. The van der Waals surface area contributed by atoms with Crippen molar-refractivity contribution in [1.29, 1.82) is 0 Å².